The molecular weight excluding hydrogens is 132 g/mol. The number of rotatable bonds is 2. The summed E-state index contributed by atoms with van der Waals surface area (Å²) in [7, 11) is 0. The summed E-state index contributed by atoms with van der Waals surface area (Å²) in [5.41, 5.74) is 5.31. The number of nitrogens with one attached hydrogen (secondary N) is 1. The lowest BCUT2D eigenvalue weighted by molar-refractivity contribution is -0.138. The molecule has 1 heterocycles. The normalized spacial score (nSPS) is 26.7. The SMILES string of the molecule is NC(C(=O)O)C1C=CCN1. The molecule has 1 aliphatic rings. The van der Waals surface area contributed by atoms with Gasteiger partial charge in [-0.2, -0.15) is 0 Å². The minimum absolute atomic E-state index is 0.197. The summed E-state index contributed by atoms with van der Waals surface area (Å²) in [5, 5.41) is 11.4. The van der Waals surface area contributed by atoms with Gasteiger partial charge >= 0.3 is 5.97 Å². The van der Waals surface area contributed by atoms with Gasteiger partial charge in [0.2, 0.25) is 0 Å². The van der Waals surface area contributed by atoms with Crippen LogP contribution < -0.4 is 11.1 Å². The molecule has 0 aromatic heterocycles. The third-order valence-corrected chi connectivity index (χ3v) is 1.49. The van der Waals surface area contributed by atoms with E-state index < -0.39 is 12.0 Å². The van der Waals surface area contributed by atoms with E-state index in [2.05, 4.69) is 5.32 Å². The van der Waals surface area contributed by atoms with Crippen molar-refractivity contribution in [1.82, 2.24) is 5.32 Å². The molecule has 4 nitrogen and oxygen atoms in total. The van der Waals surface area contributed by atoms with Gasteiger partial charge < -0.3 is 16.2 Å². The summed E-state index contributed by atoms with van der Waals surface area (Å²) in [5.74, 6) is -0.968. The largest absolute Gasteiger partial charge is 0.480 e. The van der Waals surface area contributed by atoms with Crippen molar-refractivity contribution in [3.63, 3.8) is 0 Å². The van der Waals surface area contributed by atoms with Crippen molar-refractivity contribution in [3.8, 4) is 0 Å². The van der Waals surface area contributed by atoms with Crippen LogP contribution in [-0.2, 0) is 4.79 Å². The van der Waals surface area contributed by atoms with Crippen molar-refractivity contribution in [2.45, 2.75) is 12.1 Å². The number of aliphatic carboxylic acids is 1. The van der Waals surface area contributed by atoms with Gasteiger partial charge in [0.25, 0.3) is 0 Å². The van der Waals surface area contributed by atoms with E-state index in [-0.39, 0.29) is 6.04 Å². The molecule has 4 heteroatoms. The lowest BCUT2D eigenvalue weighted by Gasteiger charge is -2.12. The van der Waals surface area contributed by atoms with Crippen LogP contribution in [0, 0.1) is 0 Å². The summed E-state index contributed by atoms with van der Waals surface area (Å²) >= 11 is 0. The fourth-order valence-electron chi connectivity index (χ4n) is 0.887. The molecule has 0 bridgehead atoms. The number of carbonyl (C=O) groups is 1. The molecule has 0 saturated heterocycles. The Morgan fingerprint density at radius 1 is 1.90 bits per heavy atom. The summed E-state index contributed by atoms with van der Waals surface area (Å²) in [6.07, 6.45) is 3.65. The Kier molecular flexibility index (Phi) is 2.03. The molecule has 4 N–H and O–H groups in total. The molecule has 0 aliphatic carbocycles. The van der Waals surface area contributed by atoms with Crippen LogP contribution in [0.15, 0.2) is 12.2 Å². The van der Waals surface area contributed by atoms with Crippen molar-refractivity contribution in [1.29, 1.82) is 0 Å². The van der Waals surface area contributed by atoms with Crippen LogP contribution in [0.25, 0.3) is 0 Å². The lowest BCUT2D eigenvalue weighted by atomic mass is 10.1. The average molecular weight is 142 g/mol. The van der Waals surface area contributed by atoms with Crippen LogP contribution in [-0.4, -0.2) is 29.7 Å². The second-order valence-corrected chi connectivity index (χ2v) is 2.23. The molecule has 0 radical (unpaired) electrons. The fraction of sp³-hybridized carbons (Fsp3) is 0.500. The highest BCUT2D eigenvalue weighted by Gasteiger charge is 2.22. The Bertz CT molecular complexity index is 167. The molecule has 2 atom stereocenters. The Hall–Kier alpha value is -0.870. The zero-order valence-electron chi connectivity index (χ0n) is 5.45. The summed E-state index contributed by atoms with van der Waals surface area (Å²) in [6.45, 7) is 0.714. The third kappa shape index (κ3) is 1.34. The number of carboxylic acids is 1. The van der Waals surface area contributed by atoms with E-state index in [1.807, 2.05) is 6.08 Å². The highest BCUT2D eigenvalue weighted by molar-refractivity contribution is 5.74. The van der Waals surface area contributed by atoms with Gasteiger partial charge in [0.1, 0.15) is 6.04 Å². The van der Waals surface area contributed by atoms with E-state index >= 15 is 0 Å². The van der Waals surface area contributed by atoms with Crippen molar-refractivity contribution < 1.29 is 9.90 Å². The van der Waals surface area contributed by atoms with E-state index in [4.69, 9.17) is 10.8 Å². The smallest absolute Gasteiger partial charge is 0.322 e. The molecule has 0 aromatic carbocycles. The van der Waals surface area contributed by atoms with Crippen LogP contribution in [0.2, 0.25) is 0 Å². The highest BCUT2D eigenvalue weighted by atomic mass is 16.4. The zero-order chi connectivity index (χ0) is 7.56. The molecule has 2 unspecified atom stereocenters. The first-order valence-corrected chi connectivity index (χ1v) is 3.10. The molecular formula is C6H10N2O2. The zero-order valence-corrected chi connectivity index (χ0v) is 5.45. The highest BCUT2D eigenvalue weighted by Crippen LogP contribution is 1.98. The van der Waals surface area contributed by atoms with Crippen LogP contribution in [0.5, 0.6) is 0 Å². The maximum atomic E-state index is 10.3. The second-order valence-electron chi connectivity index (χ2n) is 2.23. The quantitative estimate of drug-likeness (QED) is 0.429. The third-order valence-electron chi connectivity index (χ3n) is 1.49. The Morgan fingerprint density at radius 2 is 2.60 bits per heavy atom. The standard InChI is InChI=1S/C6H10N2O2/c7-5(6(9)10)4-2-1-3-8-4/h1-2,4-5,8H,3,7H2,(H,9,10). The van der Waals surface area contributed by atoms with Crippen LogP contribution in [0.3, 0.4) is 0 Å². The number of hydrogen-bond donors (Lipinski definition) is 3. The number of hydrogen-bond acceptors (Lipinski definition) is 3. The summed E-state index contributed by atoms with van der Waals surface area (Å²) in [6, 6.07) is -1.02. The molecule has 0 aromatic rings. The van der Waals surface area contributed by atoms with E-state index in [0.29, 0.717) is 6.54 Å². The molecule has 1 aliphatic heterocycles. The molecule has 0 amide bonds. The number of carboxylic acid groups (broad SMARTS) is 1. The Labute approximate surface area is 58.7 Å². The van der Waals surface area contributed by atoms with Gasteiger partial charge in [-0.05, 0) is 0 Å². The van der Waals surface area contributed by atoms with Crippen molar-refractivity contribution in [3.05, 3.63) is 12.2 Å². The second kappa shape index (κ2) is 2.81. The topological polar surface area (TPSA) is 75.4 Å². The minimum atomic E-state index is -0.968. The lowest BCUT2D eigenvalue weighted by Crippen LogP contribution is -2.46. The Morgan fingerprint density at radius 3 is 3.00 bits per heavy atom. The molecule has 0 saturated carbocycles. The monoisotopic (exact) mass is 142 g/mol. The molecule has 0 fully saturated rings. The van der Waals surface area contributed by atoms with Gasteiger partial charge in [-0.25, -0.2) is 0 Å². The van der Waals surface area contributed by atoms with Crippen LogP contribution >= 0.6 is 0 Å². The van der Waals surface area contributed by atoms with E-state index in [0.717, 1.165) is 0 Å². The summed E-state index contributed by atoms with van der Waals surface area (Å²) in [4.78, 5) is 10.3. The first-order valence-electron chi connectivity index (χ1n) is 3.10. The van der Waals surface area contributed by atoms with Crippen LogP contribution in [0.1, 0.15) is 0 Å². The van der Waals surface area contributed by atoms with Crippen molar-refractivity contribution >= 4 is 5.97 Å². The van der Waals surface area contributed by atoms with Crippen LogP contribution in [0.4, 0.5) is 0 Å². The fourth-order valence-corrected chi connectivity index (χ4v) is 0.887. The number of nitrogens with two attached hydrogens (primary N) is 1. The van der Waals surface area contributed by atoms with Crippen molar-refractivity contribution in [2.24, 2.45) is 5.73 Å². The first kappa shape index (κ1) is 7.24. The van der Waals surface area contributed by atoms with Gasteiger partial charge in [-0.15, -0.1) is 0 Å². The van der Waals surface area contributed by atoms with Gasteiger partial charge in [0.15, 0.2) is 0 Å². The molecule has 10 heavy (non-hydrogen) atoms. The van der Waals surface area contributed by atoms with Gasteiger partial charge in [-0.1, -0.05) is 12.2 Å². The maximum Gasteiger partial charge on any atom is 0.322 e. The maximum absolute atomic E-state index is 10.3. The van der Waals surface area contributed by atoms with Crippen molar-refractivity contribution in [2.75, 3.05) is 6.54 Å². The first-order chi connectivity index (χ1) is 4.72. The van der Waals surface area contributed by atoms with Gasteiger partial charge in [-0.3, -0.25) is 4.79 Å². The molecule has 56 valence electrons. The van der Waals surface area contributed by atoms with E-state index in [1.54, 1.807) is 6.08 Å². The van der Waals surface area contributed by atoms with E-state index in [1.165, 1.54) is 0 Å². The Balaban J connectivity index is 2.48. The van der Waals surface area contributed by atoms with Gasteiger partial charge in [0.05, 0.1) is 6.04 Å². The molecule has 1 rings (SSSR count). The predicted molar refractivity (Wildman–Crippen MR) is 36.5 cm³/mol. The summed E-state index contributed by atoms with van der Waals surface area (Å²) < 4.78 is 0. The predicted octanol–water partition coefficient (Wildman–Crippen LogP) is -1.07. The van der Waals surface area contributed by atoms with E-state index in [9.17, 15) is 4.79 Å². The molecule has 0 spiro atoms. The van der Waals surface area contributed by atoms with Gasteiger partial charge in [0, 0.05) is 6.54 Å². The minimum Gasteiger partial charge on any atom is -0.480 e. The average Bonchev–Trinajstić information content (AvgIpc) is 2.36.